The molecule has 26 heavy (non-hydrogen) atoms. The minimum absolute atomic E-state index is 0.121. The van der Waals surface area contributed by atoms with Crippen molar-refractivity contribution in [3.05, 3.63) is 62.6 Å². The Morgan fingerprint density at radius 3 is 2.62 bits per heavy atom. The fourth-order valence-electron chi connectivity index (χ4n) is 2.32. The number of benzene rings is 1. The van der Waals surface area contributed by atoms with Gasteiger partial charge in [0.1, 0.15) is 5.01 Å². The molecule has 3 aromatic heterocycles. The minimum atomic E-state index is -0.121. The Labute approximate surface area is 167 Å². The second kappa shape index (κ2) is 7.67. The van der Waals surface area contributed by atoms with Crippen LogP contribution in [0.15, 0.2) is 51.9 Å². The van der Waals surface area contributed by atoms with Crippen LogP contribution in [0.5, 0.6) is 0 Å². The topological polar surface area (TPSA) is 54.9 Å². The lowest BCUT2D eigenvalue weighted by molar-refractivity contribution is -0.115. The highest BCUT2D eigenvalue weighted by atomic mass is 35.5. The number of rotatable bonds is 5. The van der Waals surface area contributed by atoms with Gasteiger partial charge in [-0.2, -0.15) is 11.3 Å². The molecule has 0 unspecified atom stereocenters. The van der Waals surface area contributed by atoms with Crippen LogP contribution in [-0.2, 0) is 11.2 Å². The van der Waals surface area contributed by atoms with Gasteiger partial charge in [0.15, 0.2) is 5.13 Å². The molecule has 0 aliphatic heterocycles. The maximum Gasteiger partial charge on any atom is 0.232 e. The van der Waals surface area contributed by atoms with Gasteiger partial charge < -0.3 is 5.32 Å². The summed E-state index contributed by atoms with van der Waals surface area (Å²) in [6.07, 6.45) is 0.233. The number of nitrogens with zero attached hydrogens (tertiary/aromatic N) is 2. The highest BCUT2D eigenvalue weighted by Crippen LogP contribution is 2.27. The first-order valence-electron chi connectivity index (χ1n) is 7.66. The Morgan fingerprint density at radius 1 is 1.00 bits per heavy atom. The van der Waals surface area contributed by atoms with Gasteiger partial charge in [-0.05, 0) is 23.6 Å². The molecule has 0 fully saturated rings. The Bertz CT molecular complexity index is 1020. The molecule has 3 heterocycles. The molecule has 0 bridgehead atoms. The molecule has 1 aromatic carbocycles. The maximum absolute atomic E-state index is 12.3. The van der Waals surface area contributed by atoms with E-state index >= 15 is 0 Å². The number of hydrogen-bond donors (Lipinski definition) is 1. The molecule has 1 N–H and O–H groups in total. The highest BCUT2D eigenvalue weighted by Gasteiger charge is 2.12. The van der Waals surface area contributed by atoms with Crippen LogP contribution in [-0.4, -0.2) is 15.9 Å². The molecule has 0 saturated carbocycles. The van der Waals surface area contributed by atoms with E-state index in [1.165, 1.54) is 11.3 Å². The average molecular weight is 418 g/mol. The number of nitrogens with one attached hydrogen (secondary N) is 1. The number of thiophene rings is 1. The van der Waals surface area contributed by atoms with Gasteiger partial charge in [-0.15, -0.1) is 22.7 Å². The van der Waals surface area contributed by atoms with Gasteiger partial charge in [0.05, 0.1) is 17.8 Å². The van der Waals surface area contributed by atoms with Gasteiger partial charge in [0, 0.05) is 32.3 Å². The summed E-state index contributed by atoms with van der Waals surface area (Å²) in [5.74, 6) is -0.121. The van der Waals surface area contributed by atoms with E-state index in [1.807, 2.05) is 46.5 Å². The Morgan fingerprint density at radius 2 is 1.85 bits per heavy atom. The molecule has 0 atom stereocenters. The molecule has 0 radical (unpaired) electrons. The molecule has 4 rings (SSSR count). The van der Waals surface area contributed by atoms with E-state index in [2.05, 4.69) is 20.7 Å². The lowest BCUT2D eigenvalue weighted by Gasteiger charge is -1.99. The zero-order valence-corrected chi connectivity index (χ0v) is 16.5. The van der Waals surface area contributed by atoms with E-state index in [0.717, 1.165) is 27.5 Å². The van der Waals surface area contributed by atoms with Crippen LogP contribution in [0.2, 0.25) is 5.02 Å². The highest BCUT2D eigenvalue weighted by molar-refractivity contribution is 7.14. The Kier molecular flexibility index (Phi) is 5.12. The van der Waals surface area contributed by atoms with Crippen LogP contribution in [0.4, 0.5) is 5.13 Å². The first-order valence-corrected chi connectivity index (χ1v) is 10.7. The van der Waals surface area contributed by atoms with Gasteiger partial charge >= 0.3 is 0 Å². The minimum Gasteiger partial charge on any atom is -0.302 e. The predicted molar refractivity (Wildman–Crippen MR) is 110 cm³/mol. The molecule has 0 aliphatic carbocycles. The number of halogens is 1. The summed E-state index contributed by atoms with van der Waals surface area (Å²) in [5.41, 5.74) is 3.64. The second-order valence-electron chi connectivity index (χ2n) is 5.43. The maximum atomic E-state index is 12.3. The largest absolute Gasteiger partial charge is 0.302 e. The zero-order valence-electron chi connectivity index (χ0n) is 13.3. The summed E-state index contributed by atoms with van der Waals surface area (Å²) in [5, 5.41) is 13.0. The molecule has 0 saturated heterocycles. The van der Waals surface area contributed by atoms with Crippen LogP contribution >= 0.6 is 45.6 Å². The van der Waals surface area contributed by atoms with Crippen LogP contribution in [0.25, 0.3) is 21.8 Å². The SMILES string of the molecule is O=C(Cc1csc(-c2ccsc2)n1)Nc1nc(-c2ccc(Cl)cc2)cs1. The van der Waals surface area contributed by atoms with Gasteiger partial charge in [0.25, 0.3) is 0 Å². The number of carbonyl (C=O) groups excluding carboxylic acids is 1. The summed E-state index contributed by atoms with van der Waals surface area (Å²) in [7, 11) is 0. The normalized spacial score (nSPS) is 10.8. The van der Waals surface area contributed by atoms with Crippen molar-refractivity contribution in [1.29, 1.82) is 0 Å². The summed E-state index contributed by atoms with van der Waals surface area (Å²) in [6, 6.07) is 9.49. The van der Waals surface area contributed by atoms with E-state index in [4.69, 9.17) is 11.6 Å². The molecule has 4 aromatic rings. The zero-order chi connectivity index (χ0) is 17.9. The summed E-state index contributed by atoms with van der Waals surface area (Å²) in [6.45, 7) is 0. The van der Waals surface area contributed by atoms with Crippen LogP contribution in [0.3, 0.4) is 0 Å². The number of thiazole rings is 2. The first-order chi connectivity index (χ1) is 12.7. The first kappa shape index (κ1) is 17.4. The summed E-state index contributed by atoms with van der Waals surface area (Å²) >= 11 is 10.5. The van der Waals surface area contributed by atoms with E-state index < -0.39 is 0 Å². The van der Waals surface area contributed by atoms with Crippen LogP contribution < -0.4 is 5.32 Å². The van der Waals surface area contributed by atoms with E-state index in [0.29, 0.717) is 10.2 Å². The quantitative estimate of drug-likeness (QED) is 0.444. The van der Waals surface area contributed by atoms with Crippen molar-refractivity contribution < 1.29 is 4.79 Å². The lowest BCUT2D eigenvalue weighted by Crippen LogP contribution is -2.14. The van der Waals surface area contributed by atoms with Crippen molar-refractivity contribution >= 4 is 56.7 Å². The van der Waals surface area contributed by atoms with Crippen molar-refractivity contribution in [3.63, 3.8) is 0 Å². The van der Waals surface area contributed by atoms with Gasteiger partial charge in [-0.3, -0.25) is 4.79 Å². The Hall–Kier alpha value is -2.06. The van der Waals surface area contributed by atoms with E-state index in [-0.39, 0.29) is 12.3 Å². The predicted octanol–water partition coefficient (Wildman–Crippen LogP) is 5.83. The van der Waals surface area contributed by atoms with E-state index in [9.17, 15) is 4.79 Å². The standard InChI is InChI=1S/C18H12ClN3OS3/c19-13-3-1-11(2-4-13)15-10-26-18(21-15)22-16(23)7-14-9-25-17(20-14)12-5-6-24-8-12/h1-6,8-10H,7H2,(H,21,22,23). The summed E-state index contributed by atoms with van der Waals surface area (Å²) < 4.78 is 0. The molecule has 0 spiro atoms. The molecule has 0 aliphatic rings. The molecular formula is C18H12ClN3OS3. The monoisotopic (exact) mass is 417 g/mol. The van der Waals surface area contributed by atoms with Gasteiger partial charge in [-0.1, -0.05) is 23.7 Å². The third kappa shape index (κ3) is 4.02. The van der Waals surface area contributed by atoms with Gasteiger partial charge in [-0.25, -0.2) is 9.97 Å². The number of hydrogen-bond acceptors (Lipinski definition) is 6. The number of anilines is 1. The third-order valence-electron chi connectivity index (χ3n) is 3.55. The van der Waals surface area contributed by atoms with Crippen LogP contribution in [0, 0.1) is 0 Å². The van der Waals surface area contributed by atoms with Crippen molar-refractivity contribution in [2.75, 3.05) is 5.32 Å². The molecule has 130 valence electrons. The van der Waals surface area contributed by atoms with Gasteiger partial charge in [0.2, 0.25) is 5.91 Å². The third-order valence-corrected chi connectivity index (χ3v) is 6.19. The molecule has 1 amide bonds. The van der Waals surface area contributed by atoms with Crippen molar-refractivity contribution in [3.8, 4) is 21.8 Å². The molecular weight excluding hydrogens is 406 g/mol. The fraction of sp³-hybridized carbons (Fsp3) is 0.0556. The fourth-order valence-corrected chi connectivity index (χ4v) is 4.71. The molecule has 8 heteroatoms. The van der Waals surface area contributed by atoms with Crippen molar-refractivity contribution in [2.45, 2.75) is 6.42 Å². The smallest absolute Gasteiger partial charge is 0.232 e. The number of amides is 1. The van der Waals surface area contributed by atoms with Crippen molar-refractivity contribution in [2.24, 2.45) is 0 Å². The summed E-state index contributed by atoms with van der Waals surface area (Å²) in [4.78, 5) is 21.3. The lowest BCUT2D eigenvalue weighted by atomic mass is 10.2. The van der Waals surface area contributed by atoms with Crippen molar-refractivity contribution in [1.82, 2.24) is 9.97 Å². The second-order valence-corrected chi connectivity index (χ2v) is 8.36. The average Bonchev–Trinajstić information content (AvgIpc) is 3.36. The number of aromatic nitrogens is 2. The van der Waals surface area contributed by atoms with E-state index in [1.54, 1.807) is 22.7 Å². The Balaban J connectivity index is 1.40. The molecule has 4 nitrogen and oxygen atoms in total. The van der Waals surface area contributed by atoms with Crippen LogP contribution in [0.1, 0.15) is 5.69 Å². The number of carbonyl (C=O) groups is 1.